The van der Waals surface area contributed by atoms with Crippen LogP contribution < -0.4 is 14.9 Å². The monoisotopic (exact) mass is 406 g/mol. The van der Waals surface area contributed by atoms with E-state index in [4.69, 9.17) is 9.47 Å². The van der Waals surface area contributed by atoms with Gasteiger partial charge in [-0.25, -0.2) is 5.43 Å². The molecule has 3 rings (SSSR count). The van der Waals surface area contributed by atoms with Crippen molar-refractivity contribution >= 4 is 11.6 Å². The number of hydrogen-bond donors (Lipinski definition) is 2. The van der Waals surface area contributed by atoms with Gasteiger partial charge in [0.05, 0.1) is 24.6 Å². The minimum absolute atomic E-state index is 0.345. The van der Waals surface area contributed by atoms with Crippen LogP contribution in [-0.2, 0) is 0 Å². The fraction of sp³-hybridized carbons (Fsp3) is 0.261. The lowest BCUT2D eigenvalue weighted by Gasteiger charge is -2.06. The second-order valence-electron chi connectivity index (χ2n) is 6.63. The third kappa shape index (κ3) is 4.86. The molecule has 1 heterocycles. The molecule has 30 heavy (non-hydrogen) atoms. The van der Waals surface area contributed by atoms with E-state index in [1.165, 1.54) is 0 Å². The lowest BCUT2D eigenvalue weighted by Crippen LogP contribution is -2.20. The zero-order valence-electron chi connectivity index (χ0n) is 17.7. The number of rotatable bonds is 8. The molecular formula is C23H26N4O3. The Labute approximate surface area is 176 Å². The van der Waals surface area contributed by atoms with Crippen LogP contribution in [0, 0.1) is 6.92 Å². The van der Waals surface area contributed by atoms with Crippen LogP contribution in [0.15, 0.2) is 53.6 Å². The summed E-state index contributed by atoms with van der Waals surface area (Å²) in [5.41, 5.74) is 6.94. The summed E-state index contributed by atoms with van der Waals surface area (Å²) < 4.78 is 10.9. The smallest absolute Gasteiger partial charge is 0.289 e. The average molecular weight is 406 g/mol. The molecule has 0 spiro atoms. The van der Waals surface area contributed by atoms with Crippen LogP contribution >= 0.6 is 0 Å². The summed E-state index contributed by atoms with van der Waals surface area (Å²) in [7, 11) is 0. The van der Waals surface area contributed by atoms with Crippen molar-refractivity contribution in [3.8, 4) is 22.8 Å². The highest BCUT2D eigenvalue weighted by Gasteiger charge is 2.17. The number of ether oxygens (including phenoxy) is 2. The number of nitrogens with one attached hydrogen (secondary N) is 2. The van der Waals surface area contributed by atoms with E-state index in [2.05, 4.69) is 20.7 Å². The Bertz CT molecular complexity index is 1020. The van der Waals surface area contributed by atoms with Gasteiger partial charge in [-0.05, 0) is 81.8 Å². The van der Waals surface area contributed by atoms with Gasteiger partial charge in [-0.15, -0.1) is 0 Å². The lowest BCUT2D eigenvalue weighted by molar-refractivity contribution is 0.0949. The molecule has 0 unspecified atom stereocenters. The molecule has 7 heteroatoms. The highest BCUT2D eigenvalue weighted by molar-refractivity contribution is 6.01. The summed E-state index contributed by atoms with van der Waals surface area (Å²) in [5.74, 6) is 1.25. The van der Waals surface area contributed by atoms with Crippen molar-refractivity contribution in [3.63, 3.8) is 0 Å². The Morgan fingerprint density at radius 1 is 1.00 bits per heavy atom. The fourth-order valence-electron chi connectivity index (χ4n) is 2.99. The highest BCUT2D eigenvalue weighted by Crippen LogP contribution is 2.25. The first-order chi connectivity index (χ1) is 14.5. The maximum atomic E-state index is 12.6. The van der Waals surface area contributed by atoms with E-state index in [9.17, 15) is 4.79 Å². The second kappa shape index (κ2) is 9.73. The Morgan fingerprint density at radius 2 is 1.57 bits per heavy atom. The van der Waals surface area contributed by atoms with Gasteiger partial charge >= 0.3 is 0 Å². The van der Waals surface area contributed by atoms with Gasteiger partial charge in [-0.3, -0.25) is 9.89 Å². The number of amides is 1. The van der Waals surface area contributed by atoms with E-state index in [0.717, 1.165) is 33.9 Å². The molecule has 2 aromatic carbocycles. The molecule has 7 nitrogen and oxygen atoms in total. The molecule has 0 fully saturated rings. The number of benzene rings is 2. The molecule has 0 aliphatic heterocycles. The van der Waals surface area contributed by atoms with Crippen LogP contribution in [0.4, 0.5) is 0 Å². The largest absolute Gasteiger partial charge is 0.494 e. The van der Waals surface area contributed by atoms with Gasteiger partial charge in [0.15, 0.2) is 0 Å². The Balaban J connectivity index is 1.70. The number of hydrogen-bond acceptors (Lipinski definition) is 5. The lowest BCUT2D eigenvalue weighted by atomic mass is 10.1. The van der Waals surface area contributed by atoms with Crippen molar-refractivity contribution in [2.45, 2.75) is 27.7 Å². The molecule has 3 aromatic rings. The molecule has 0 saturated carbocycles. The number of nitrogens with zero attached hydrogens (tertiary/aromatic N) is 2. The minimum Gasteiger partial charge on any atom is -0.494 e. The van der Waals surface area contributed by atoms with Gasteiger partial charge in [0.2, 0.25) is 0 Å². The van der Waals surface area contributed by atoms with Gasteiger partial charge in [0, 0.05) is 11.1 Å². The molecular weight excluding hydrogens is 380 g/mol. The average Bonchev–Trinajstić information content (AvgIpc) is 3.15. The summed E-state index contributed by atoms with van der Waals surface area (Å²) in [6, 6.07) is 15.2. The zero-order valence-corrected chi connectivity index (χ0v) is 17.7. The summed E-state index contributed by atoms with van der Waals surface area (Å²) in [5, 5.41) is 11.3. The number of carbonyl (C=O) groups excluding carboxylic acids is 1. The van der Waals surface area contributed by atoms with Crippen molar-refractivity contribution < 1.29 is 14.3 Å². The van der Waals surface area contributed by atoms with E-state index < -0.39 is 0 Å². The number of aromatic nitrogens is 2. The predicted octanol–water partition coefficient (Wildman–Crippen LogP) is 4.34. The zero-order chi connectivity index (χ0) is 21.5. The first-order valence-electron chi connectivity index (χ1n) is 9.89. The van der Waals surface area contributed by atoms with Crippen LogP contribution in [0.25, 0.3) is 11.3 Å². The second-order valence-corrected chi connectivity index (χ2v) is 6.63. The highest BCUT2D eigenvalue weighted by atomic mass is 16.5. The molecule has 0 atom stereocenters. The van der Waals surface area contributed by atoms with Crippen LogP contribution in [0.5, 0.6) is 11.5 Å². The predicted molar refractivity (Wildman–Crippen MR) is 117 cm³/mol. The Hall–Kier alpha value is -3.61. The first-order valence-corrected chi connectivity index (χ1v) is 9.89. The van der Waals surface area contributed by atoms with Crippen molar-refractivity contribution in [2.24, 2.45) is 5.10 Å². The quantitative estimate of drug-likeness (QED) is 0.430. The standard InChI is InChI=1S/C23H26N4O3/c1-5-29-19-11-7-17(8-12-19)16(4)24-27-23(28)22-15(3)21(25-26-22)18-9-13-20(14-10-18)30-6-2/h7-14H,5-6H2,1-4H3,(H,25,26)(H,27,28)/b24-16+. The van der Waals surface area contributed by atoms with Crippen molar-refractivity contribution in [1.82, 2.24) is 15.6 Å². The van der Waals surface area contributed by atoms with Gasteiger partial charge in [-0.2, -0.15) is 10.2 Å². The van der Waals surface area contributed by atoms with E-state index in [1.54, 1.807) is 0 Å². The Morgan fingerprint density at radius 3 is 2.13 bits per heavy atom. The van der Waals surface area contributed by atoms with Gasteiger partial charge in [0.1, 0.15) is 17.2 Å². The topological polar surface area (TPSA) is 88.6 Å². The van der Waals surface area contributed by atoms with Gasteiger partial charge in [-0.1, -0.05) is 0 Å². The fourth-order valence-corrected chi connectivity index (χ4v) is 2.99. The van der Waals surface area contributed by atoms with E-state index in [-0.39, 0.29) is 5.91 Å². The molecule has 0 radical (unpaired) electrons. The SMILES string of the molecule is CCOc1ccc(/C(C)=N/NC(=O)c2[nH]nc(-c3ccc(OCC)cc3)c2C)cc1. The van der Waals surface area contributed by atoms with Crippen LogP contribution in [-0.4, -0.2) is 35.0 Å². The molecule has 0 bridgehead atoms. The molecule has 156 valence electrons. The van der Waals surface area contributed by atoms with Crippen molar-refractivity contribution in [1.29, 1.82) is 0 Å². The molecule has 2 N–H and O–H groups in total. The third-order valence-corrected chi connectivity index (χ3v) is 4.58. The van der Waals surface area contributed by atoms with Crippen LogP contribution in [0.1, 0.15) is 42.4 Å². The number of hydrazone groups is 1. The van der Waals surface area contributed by atoms with Crippen molar-refractivity contribution in [3.05, 3.63) is 65.4 Å². The summed E-state index contributed by atoms with van der Waals surface area (Å²) in [4.78, 5) is 12.6. The van der Waals surface area contributed by atoms with Gasteiger partial charge < -0.3 is 9.47 Å². The number of carbonyl (C=O) groups is 1. The maximum absolute atomic E-state index is 12.6. The maximum Gasteiger partial charge on any atom is 0.289 e. The number of aromatic amines is 1. The van der Waals surface area contributed by atoms with Crippen LogP contribution in [0.3, 0.4) is 0 Å². The van der Waals surface area contributed by atoms with E-state index in [1.807, 2.05) is 76.2 Å². The third-order valence-electron chi connectivity index (χ3n) is 4.58. The molecule has 1 amide bonds. The first kappa shape index (κ1) is 21.1. The normalized spacial score (nSPS) is 11.3. The molecule has 0 aliphatic carbocycles. The summed E-state index contributed by atoms with van der Waals surface area (Å²) >= 11 is 0. The summed E-state index contributed by atoms with van der Waals surface area (Å²) in [6.45, 7) is 8.80. The van der Waals surface area contributed by atoms with E-state index >= 15 is 0 Å². The van der Waals surface area contributed by atoms with Gasteiger partial charge in [0.25, 0.3) is 5.91 Å². The molecule has 0 saturated heterocycles. The Kier molecular flexibility index (Phi) is 6.85. The summed E-state index contributed by atoms with van der Waals surface area (Å²) in [6.07, 6.45) is 0. The minimum atomic E-state index is -0.345. The van der Waals surface area contributed by atoms with Crippen LogP contribution in [0.2, 0.25) is 0 Å². The molecule has 0 aliphatic rings. The number of H-pyrrole nitrogens is 1. The van der Waals surface area contributed by atoms with Crippen molar-refractivity contribution in [2.75, 3.05) is 13.2 Å². The van der Waals surface area contributed by atoms with E-state index in [0.29, 0.717) is 24.6 Å². The molecule has 1 aromatic heterocycles.